The van der Waals surface area contributed by atoms with Gasteiger partial charge in [-0.3, -0.25) is 9.88 Å². The Kier molecular flexibility index (Phi) is 5.96. The fourth-order valence-corrected chi connectivity index (χ4v) is 2.98. The lowest BCUT2D eigenvalue weighted by molar-refractivity contribution is 0.220. The van der Waals surface area contributed by atoms with Crippen LogP contribution < -0.4 is 10.1 Å². The number of piperidine rings is 1. The average molecular weight is 330 g/mol. The molecule has 0 radical (unpaired) electrons. The van der Waals surface area contributed by atoms with E-state index in [0.717, 1.165) is 25.3 Å². The SMILES string of the molecule is Oc1cnc(NCCCOc2cccc(CN3CCCCC3)c2)[nH]1. The van der Waals surface area contributed by atoms with Crippen LogP contribution in [0.4, 0.5) is 5.95 Å². The van der Waals surface area contributed by atoms with Gasteiger partial charge in [-0.2, -0.15) is 0 Å². The molecule has 1 fully saturated rings. The van der Waals surface area contributed by atoms with E-state index < -0.39 is 0 Å². The van der Waals surface area contributed by atoms with Gasteiger partial charge in [0.05, 0.1) is 12.8 Å². The third-order valence-corrected chi connectivity index (χ3v) is 4.20. The molecule has 1 aromatic carbocycles. The zero-order valence-corrected chi connectivity index (χ0v) is 14.0. The molecule has 2 heterocycles. The van der Waals surface area contributed by atoms with Crippen molar-refractivity contribution < 1.29 is 9.84 Å². The van der Waals surface area contributed by atoms with E-state index in [4.69, 9.17) is 9.84 Å². The van der Waals surface area contributed by atoms with E-state index in [1.807, 2.05) is 6.07 Å². The van der Waals surface area contributed by atoms with Crippen molar-refractivity contribution in [2.45, 2.75) is 32.2 Å². The second kappa shape index (κ2) is 8.59. The van der Waals surface area contributed by atoms with E-state index in [1.165, 1.54) is 44.1 Å². The lowest BCUT2D eigenvalue weighted by atomic mass is 10.1. The molecule has 0 amide bonds. The van der Waals surface area contributed by atoms with Gasteiger partial charge in [0.15, 0.2) is 0 Å². The Morgan fingerprint density at radius 3 is 2.92 bits per heavy atom. The Balaban J connectivity index is 1.38. The summed E-state index contributed by atoms with van der Waals surface area (Å²) >= 11 is 0. The van der Waals surface area contributed by atoms with Gasteiger partial charge in [0.1, 0.15) is 5.75 Å². The molecule has 6 nitrogen and oxygen atoms in total. The normalized spacial score (nSPS) is 15.3. The lowest BCUT2D eigenvalue weighted by Crippen LogP contribution is -2.29. The maximum atomic E-state index is 9.16. The molecule has 3 N–H and O–H groups in total. The molecule has 0 saturated carbocycles. The molecule has 6 heteroatoms. The minimum Gasteiger partial charge on any atom is -0.494 e. The fraction of sp³-hybridized carbons (Fsp3) is 0.500. The summed E-state index contributed by atoms with van der Waals surface area (Å²) in [7, 11) is 0. The summed E-state index contributed by atoms with van der Waals surface area (Å²) in [5.74, 6) is 1.58. The van der Waals surface area contributed by atoms with Crippen LogP contribution in [0.3, 0.4) is 0 Å². The molecule has 3 rings (SSSR count). The van der Waals surface area contributed by atoms with Gasteiger partial charge in [-0.05, 0) is 50.0 Å². The topological polar surface area (TPSA) is 73.4 Å². The van der Waals surface area contributed by atoms with Crippen LogP contribution in [0.15, 0.2) is 30.5 Å². The number of nitrogens with zero attached hydrogens (tertiary/aromatic N) is 2. The predicted molar refractivity (Wildman–Crippen MR) is 94.4 cm³/mol. The number of hydrogen-bond donors (Lipinski definition) is 3. The third kappa shape index (κ3) is 5.16. The molecule has 0 spiro atoms. The Morgan fingerprint density at radius 1 is 1.25 bits per heavy atom. The highest BCUT2D eigenvalue weighted by molar-refractivity contribution is 5.29. The molecule has 1 aromatic heterocycles. The molecule has 130 valence electrons. The minimum absolute atomic E-state index is 0.0688. The largest absolute Gasteiger partial charge is 0.494 e. The standard InChI is InChI=1S/C18H26N4O2/c23-17-13-20-18(21-17)19-8-5-11-24-16-7-4-6-15(12-16)14-22-9-2-1-3-10-22/h4,6-7,12-13,23H,1-3,5,8-11,14H2,(H2,19,20,21). The van der Waals surface area contributed by atoms with Gasteiger partial charge in [0.2, 0.25) is 11.8 Å². The number of aromatic hydroxyl groups is 1. The number of aromatic amines is 1. The number of nitrogens with one attached hydrogen (secondary N) is 2. The van der Waals surface area contributed by atoms with E-state index in [-0.39, 0.29) is 5.88 Å². The van der Waals surface area contributed by atoms with Crippen LogP contribution in [-0.2, 0) is 6.54 Å². The number of likely N-dealkylation sites (tertiary alicyclic amines) is 1. The van der Waals surface area contributed by atoms with Crippen LogP contribution in [0, 0.1) is 0 Å². The minimum atomic E-state index is 0.0688. The van der Waals surface area contributed by atoms with E-state index in [1.54, 1.807) is 0 Å². The summed E-state index contributed by atoms with van der Waals surface area (Å²) in [6.07, 6.45) is 6.24. The highest BCUT2D eigenvalue weighted by Crippen LogP contribution is 2.17. The molecule has 0 atom stereocenters. The molecule has 0 bridgehead atoms. The van der Waals surface area contributed by atoms with Gasteiger partial charge in [0, 0.05) is 13.1 Å². The predicted octanol–water partition coefficient (Wildman–Crippen LogP) is 2.98. The third-order valence-electron chi connectivity index (χ3n) is 4.20. The maximum absolute atomic E-state index is 9.16. The van der Waals surface area contributed by atoms with Crippen molar-refractivity contribution in [2.75, 3.05) is 31.6 Å². The number of benzene rings is 1. The number of rotatable bonds is 8. The quantitative estimate of drug-likeness (QED) is 0.649. The number of hydrogen-bond acceptors (Lipinski definition) is 5. The Labute approximate surface area is 142 Å². The van der Waals surface area contributed by atoms with Crippen molar-refractivity contribution in [3.63, 3.8) is 0 Å². The van der Waals surface area contributed by atoms with Gasteiger partial charge in [0.25, 0.3) is 0 Å². The molecule has 1 aliphatic rings. The molecule has 24 heavy (non-hydrogen) atoms. The molecular formula is C18H26N4O2. The van der Waals surface area contributed by atoms with E-state index in [9.17, 15) is 0 Å². The average Bonchev–Trinajstić information content (AvgIpc) is 3.01. The van der Waals surface area contributed by atoms with Gasteiger partial charge < -0.3 is 15.2 Å². The summed E-state index contributed by atoms with van der Waals surface area (Å²) in [5, 5.41) is 12.3. The summed E-state index contributed by atoms with van der Waals surface area (Å²) in [6, 6.07) is 8.40. The van der Waals surface area contributed by atoms with Gasteiger partial charge in [-0.15, -0.1) is 0 Å². The van der Waals surface area contributed by atoms with Crippen molar-refractivity contribution >= 4 is 5.95 Å². The number of H-pyrrole nitrogens is 1. The number of aromatic nitrogens is 2. The van der Waals surface area contributed by atoms with E-state index >= 15 is 0 Å². The Bertz CT molecular complexity index is 623. The van der Waals surface area contributed by atoms with Gasteiger partial charge >= 0.3 is 0 Å². The number of imidazole rings is 1. The first-order chi connectivity index (χ1) is 11.8. The van der Waals surface area contributed by atoms with Crippen LogP contribution in [-0.4, -0.2) is 46.2 Å². The van der Waals surface area contributed by atoms with Crippen molar-refractivity contribution in [1.82, 2.24) is 14.9 Å². The maximum Gasteiger partial charge on any atom is 0.210 e. The first-order valence-corrected chi connectivity index (χ1v) is 8.71. The molecule has 1 saturated heterocycles. The number of anilines is 1. The first kappa shape index (κ1) is 16.6. The van der Waals surface area contributed by atoms with Crippen molar-refractivity contribution in [1.29, 1.82) is 0 Å². The fourth-order valence-electron chi connectivity index (χ4n) is 2.98. The van der Waals surface area contributed by atoms with Crippen molar-refractivity contribution in [3.8, 4) is 11.6 Å². The van der Waals surface area contributed by atoms with Gasteiger partial charge in [-0.1, -0.05) is 18.6 Å². The van der Waals surface area contributed by atoms with Crippen molar-refractivity contribution in [2.24, 2.45) is 0 Å². The number of ether oxygens (including phenoxy) is 1. The van der Waals surface area contributed by atoms with Gasteiger partial charge in [-0.25, -0.2) is 4.98 Å². The second-order valence-corrected chi connectivity index (χ2v) is 6.23. The van der Waals surface area contributed by atoms with Crippen LogP contribution in [0.25, 0.3) is 0 Å². The summed E-state index contributed by atoms with van der Waals surface area (Å²) in [5.41, 5.74) is 1.32. The monoisotopic (exact) mass is 330 g/mol. The zero-order valence-electron chi connectivity index (χ0n) is 14.0. The Morgan fingerprint density at radius 2 is 2.12 bits per heavy atom. The second-order valence-electron chi connectivity index (χ2n) is 6.23. The molecule has 0 unspecified atom stereocenters. The Hall–Kier alpha value is -2.21. The molecule has 0 aliphatic carbocycles. The summed E-state index contributed by atoms with van der Waals surface area (Å²) in [6.45, 7) is 4.81. The zero-order chi connectivity index (χ0) is 16.6. The molecule has 1 aliphatic heterocycles. The highest BCUT2D eigenvalue weighted by atomic mass is 16.5. The highest BCUT2D eigenvalue weighted by Gasteiger charge is 2.10. The molecule has 2 aromatic rings. The molecular weight excluding hydrogens is 304 g/mol. The lowest BCUT2D eigenvalue weighted by Gasteiger charge is -2.26. The van der Waals surface area contributed by atoms with Crippen LogP contribution >= 0.6 is 0 Å². The first-order valence-electron chi connectivity index (χ1n) is 8.71. The summed E-state index contributed by atoms with van der Waals surface area (Å²) < 4.78 is 5.84. The van der Waals surface area contributed by atoms with Crippen LogP contribution in [0.5, 0.6) is 11.6 Å². The van der Waals surface area contributed by atoms with Crippen LogP contribution in [0.2, 0.25) is 0 Å². The smallest absolute Gasteiger partial charge is 0.210 e. The summed E-state index contributed by atoms with van der Waals surface area (Å²) in [4.78, 5) is 9.21. The van der Waals surface area contributed by atoms with E-state index in [0.29, 0.717) is 12.6 Å². The van der Waals surface area contributed by atoms with Crippen molar-refractivity contribution in [3.05, 3.63) is 36.0 Å². The van der Waals surface area contributed by atoms with E-state index in [2.05, 4.69) is 38.4 Å². The van der Waals surface area contributed by atoms with Crippen LogP contribution in [0.1, 0.15) is 31.2 Å².